The SMILES string of the molecule is Cc1ccccc1C(C)NCCC(C)C. The van der Waals surface area contributed by atoms with E-state index in [0.717, 1.165) is 12.5 Å². The zero-order valence-corrected chi connectivity index (χ0v) is 10.4. The molecule has 0 saturated carbocycles. The van der Waals surface area contributed by atoms with Gasteiger partial charge in [-0.05, 0) is 43.9 Å². The van der Waals surface area contributed by atoms with Crippen LogP contribution in [0.4, 0.5) is 0 Å². The van der Waals surface area contributed by atoms with Crippen LogP contribution in [-0.4, -0.2) is 6.54 Å². The highest BCUT2D eigenvalue weighted by Gasteiger charge is 2.06. The van der Waals surface area contributed by atoms with E-state index in [1.165, 1.54) is 17.5 Å². The lowest BCUT2D eigenvalue weighted by Gasteiger charge is -2.17. The summed E-state index contributed by atoms with van der Waals surface area (Å²) in [5.74, 6) is 0.779. The van der Waals surface area contributed by atoms with Crippen LogP contribution >= 0.6 is 0 Å². The molecule has 0 aromatic heterocycles. The molecule has 1 rings (SSSR count). The van der Waals surface area contributed by atoms with E-state index in [2.05, 4.69) is 57.3 Å². The van der Waals surface area contributed by atoms with Crippen LogP contribution in [0, 0.1) is 12.8 Å². The number of hydrogen-bond acceptors (Lipinski definition) is 1. The van der Waals surface area contributed by atoms with Gasteiger partial charge in [0, 0.05) is 6.04 Å². The van der Waals surface area contributed by atoms with Gasteiger partial charge in [0.15, 0.2) is 0 Å². The number of rotatable bonds is 5. The summed E-state index contributed by atoms with van der Waals surface area (Å²) in [4.78, 5) is 0. The summed E-state index contributed by atoms with van der Waals surface area (Å²) in [7, 11) is 0. The van der Waals surface area contributed by atoms with Gasteiger partial charge >= 0.3 is 0 Å². The van der Waals surface area contributed by atoms with Crippen LogP contribution in [0.3, 0.4) is 0 Å². The Kier molecular flexibility index (Phi) is 4.83. The summed E-state index contributed by atoms with van der Waals surface area (Å²) in [5.41, 5.74) is 2.79. The van der Waals surface area contributed by atoms with Crippen molar-refractivity contribution in [2.45, 2.75) is 40.2 Å². The molecule has 0 aliphatic heterocycles. The zero-order valence-electron chi connectivity index (χ0n) is 10.4. The molecule has 0 heterocycles. The Labute approximate surface area is 93.9 Å². The molecule has 0 spiro atoms. The van der Waals surface area contributed by atoms with Crippen molar-refractivity contribution in [3.05, 3.63) is 35.4 Å². The van der Waals surface area contributed by atoms with Crippen molar-refractivity contribution in [3.63, 3.8) is 0 Å². The minimum atomic E-state index is 0.463. The summed E-state index contributed by atoms with van der Waals surface area (Å²) in [6.07, 6.45) is 1.25. The van der Waals surface area contributed by atoms with Gasteiger partial charge in [-0.1, -0.05) is 38.1 Å². The highest BCUT2D eigenvalue weighted by molar-refractivity contribution is 5.28. The minimum Gasteiger partial charge on any atom is -0.310 e. The first-order chi connectivity index (χ1) is 7.11. The smallest absolute Gasteiger partial charge is 0.0294 e. The molecule has 0 saturated heterocycles. The van der Waals surface area contributed by atoms with E-state index in [-0.39, 0.29) is 0 Å². The first kappa shape index (κ1) is 12.3. The van der Waals surface area contributed by atoms with Crippen molar-refractivity contribution in [2.24, 2.45) is 5.92 Å². The van der Waals surface area contributed by atoms with Gasteiger partial charge < -0.3 is 5.32 Å². The highest BCUT2D eigenvalue weighted by atomic mass is 14.9. The Morgan fingerprint density at radius 3 is 2.40 bits per heavy atom. The first-order valence-corrected chi connectivity index (χ1v) is 5.90. The molecule has 0 aliphatic carbocycles. The standard InChI is InChI=1S/C14H23N/c1-11(2)9-10-15-13(4)14-8-6-5-7-12(14)3/h5-8,11,13,15H,9-10H2,1-4H3. The molecule has 1 heteroatoms. The van der Waals surface area contributed by atoms with Gasteiger partial charge in [0.05, 0.1) is 0 Å². The average molecular weight is 205 g/mol. The van der Waals surface area contributed by atoms with E-state index >= 15 is 0 Å². The predicted octanol–water partition coefficient (Wildman–Crippen LogP) is 3.69. The fraction of sp³-hybridized carbons (Fsp3) is 0.571. The summed E-state index contributed by atoms with van der Waals surface area (Å²) in [5, 5.41) is 3.57. The molecule has 0 radical (unpaired) electrons. The maximum Gasteiger partial charge on any atom is 0.0294 e. The lowest BCUT2D eigenvalue weighted by Crippen LogP contribution is -2.21. The molecule has 1 nitrogen and oxygen atoms in total. The van der Waals surface area contributed by atoms with Gasteiger partial charge in [-0.15, -0.1) is 0 Å². The number of hydrogen-bond donors (Lipinski definition) is 1. The molecule has 0 fully saturated rings. The second-order valence-corrected chi connectivity index (χ2v) is 4.71. The molecular weight excluding hydrogens is 182 g/mol. The van der Waals surface area contributed by atoms with Crippen molar-refractivity contribution in [1.29, 1.82) is 0 Å². The largest absolute Gasteiger partial charge is 0.310 e. The molecule has 1 unspecified atom stereocenters. The van der Waals surface area contributed by atoms with Crippen molar-refractivity contribution in [1.82, 2.24) is 5.32 Å². The van der Waals surface area contributed by atoms with E-state index < -0.39 is 0 Å². The number of nitrogens with one attached hydrogen (secondary N) is 1. The van der Waals surface area contributed by atoms with E-state index in [1.807, 2.05) is 0 Å². The van der Waals surface area contributed by atoms with E-state index in [1.54, 1.807) is 0 Å². The Morgan fingerprint density at radius 1 is 1.13 bits per heavy atom. The summed E-state index contributed by atoms with van der Waals surface area (Å²) in [6, 6.07) is 9.06. The van der Waals surface area contributed by atoms with Gasteiger partial charge in [-0.3, -0.25) is 0 Å². The molecule has 1 atom stereocenters. The first-order valence-electron chi connectivity index (χ1n) is 5.90. The molecule has 84 valence electrons. The lowest BCUT2D eigenvalue weighted by molar-refractivity contribution is 0.496. The quantitative estimate of drug-likeness (QED) is 0.773. The molecule has 15 heavy (non-hydrogen) atoms. The normalized spacial score (nSPS) is 13.1. The fourth-order valence-corrected chi connectivity index (χ4v) is 1.77. The Hall–Kier alpha value is -0.820. The zero-order chi connectivity index (χ0) is 11.3. The van der Waals surface area contributed by atoms with Crippen molar-refractivity contribution in [3.8, 4) is 0 Å². The van der Waals surface area contributed by atoms with Crippen LogP contribution in [-0.2, 0) is 0 Å². The molecular formula is C14H23N. The third kappa shape index (κ3) is 4.05. The van der Waals surface area contributed by atoms with Gasteiger partial charge in [0.25, 0.3) is 0 Å². The molecule has 0 amide bonds. The van der Waals surface area contributed by atoms with Gasteiger partial charge in [-0.25, -0.2) is 0 Å². The van der Waals surface area contributed by atoms with E-state index in [4.69, 9.17) is 0 Å². The van der Waals surface area contributed by atoms with Crippen LogP contribution in [0.15, 0.2) is 24.3 Å². The monoisotopic (exact) mass is 205 g/mol. The average Bonchev–Trinajstić information content (AvgIpc) is 2.17. The topological polar surface area (TPSA) is 12.0 Å². The third-order valence-electron chi connectivity index (χ3n) is 2.83. The Bertz CT molecular complexity index is 291. The number of aryl methyl sites for hydroxylation is 1. The molecule has 0 aliphatic rings. The maximum absolute atomic E-state index is 3.57. The van der Waals surface area contributed by atoms with Crippen molar-refractivity contribution < 1.29 is 0 Å². The molecule has 1 aromatic carbocycles. The van der Waals surface area contributed by atoms with E-state index in [0.29, 0.717) is 6.04 Å². The summed E-state index contributed by atoms with van der Waals surface area (Å²) >= 11 is 0. The highest BCUT2D eigenvalue weighted by Crippen LogP contribution is 2.16. The van der Waals surface area contributed by atoms with Crippen molar-refractivity contribution in [2.75, 3.05) is 6.54 Å². The lowest BCUT2D eigenvalue weighted by atomic mass is 10.0. The predicted molar refractivity (Wildman–Crippen MR) is 67.1 cm³/mol. The second kappa shape index (κ2) is 5.92. The van der Waals surface area contributed by atoms with Gasteiger partial charge in [0.2, 0.25) is 0 Å². The summed E-state index contributed by atoms with van der Waals surface area (Å²) in [6.45, 7) is 10.0. The van der Waals surface area contributed by atoms with Gasteiger partial charge in [0.1, 0.15) is 0 Å². The second-order valence-electron chi connectivity index (χ2n) is 4.71. The Morgan fingerprint density at radius 2 is 1.80 bits per heavy atom. The number of benzene rings is 1. The van der Waals surface area contributed by atoms with Crippen LogP contribution in [0.2, 0.25) is 0 Å². The molecule has 0 bridgehead atoms. The summed E-state index contributed by atoms with van der Waals surface area (Å²) < 4.78 is 0. The Balaban J connectivity index is 2.47. The molecule has 1 N–H and O–H groups in total. The van der Waals surface area contributed by atoms with Crippen LogP contribution in [0.1, 0.15) is 44.4 Å². The third-order valence-corrected chi connectivity index (χ3v) is 2.83. The maximum atomic E-state index is 3.57. The van der Waals surface area contributed by atoms with Crippen molar-refractivity contribution >= 4 is 0 Å². The van der Waals surface area contributed by atoms with Crippen LogP contribution < -0.4 is 5.32 Å². The molecule has 1 aromatic rings. The fourth-order valence-electron chi connectivity index (χ4n) is 1.77. The van der Waals surface area contributed by atoms with Gasteiger partial charge in [-0.2, -0.15) is 0 Å². The minimum absolute atomic E-state index is 0.463. The van der Waals surface area contributed by atoms with E-state index in [9.17, 15) is 0 Å². The van der Waals surface area contributed by atoms with Crippen LogP contribution in [0.25, 0.3) is 0 Å². The van der Waals surface area contributed by atoms with Crippen LogP contribution in [0.5, 0.6) is 0 Å².